The van der Waals surface area contributed by atoms with Crippen LogP contribution in [-0.2, 0) is 18.7 Å². The Morgan fingerprint density at radius 2 is 1.80 bits per heavy atom. The van der Waals surface area contributed by atoms with Crippen LogP contribution in [-0.4, -0.2) is 68.4 Å². The SMILES string of the molecule is C=CC[C@]1(CCO[Si](C)(C)C(C)(C)C)[C@H](O)CN(C(=O)OC(C)(C)C)[C@@H]1C(=O)OC. The average Bonchev–Trinajstić information content (AvgIpc) is 2.85. The number of allylic oxidation sites excluding steroid dienone is 1. The van der Waals surface area contributed by atoms with Gasteiger partial charge in [0, 0.05) is 12.0 Å². The number of nitrogens with zero attached hydrogens (tertiary/aromatic N) is 1. The second-order valence-electron chi connectivity index (χ2n) is 10.7. The summed E-state index contributed by atoms with van der Waals surface area (Å²) in [7, 11) is -0.729. The molecule has 1 rings (SSSR count). The van der Waals surface area contributed by atoms with Crippen LogP contribution in [0.5, 0.6) is 0 Å². The van der Waals surface area contributed by atoms with Crippen LogP contribution >= 0.6 is 0 Å². The summed E-state index contributed by atoms with van der Waals surface area (Å²) >= 11 is 0. The van der Waals surface area contributed by atoms with Crippen molar-refractivity contribution in [3.8, 4) is 0 Å². The first kappa shape index (κ1) is 26.7. The van der Waals surface area contributed by atoms with E-state index < -0.39 is 43.5 Å². The highest BCUT2D eigenvalue weighted by Gasteiger charge is 2.59. The third kappa shape index (κ3) is 5.86. The molecule has 7 nitrogen and oxygen atoms in total. The van der Waals surface area contributed by atoms with Crippen molar-refractivity contribution in [1.29, 1.82) is 0 Å². The number of rotatable bonds is 7. The van der Waals surface area contributed by atoms with Gasteiger partial charge in [-0.1, -0.05) is 26.8 Å². The summed E-state index contributed by atoms with van der Waals surface area (Å²) in [6, 6.07) is -0.978. The first-order valence-corrected chi connectivity index (χ1v) is 13.4. The molecule has 1 aliphatic heterocycles. The number of esters is 1. The molecule has 30 heavy (non-hydrogen) atoms. The van der Waals surface area contributed by atoms with Crippen molar-refractivity contribution in [3.63, 3.8) is 0 Å². The van der Waals surface area contributed by atoms with Crippen LogP contribution in [0.15, 0.2) is 12.7 Å². The standard InChI is InChI=1S/C22H41NO6Si/c1-11-12-22(13-14-28-30(9,10)21(5,6)7)16(24)15-23(17(22)18(25)27-8)19(26)29-20(2,3)4/h11,16-17,24H,1,12-15H2,2-10H3/t16-,17-,22+/m1/s1. The Hall–Kier alpha value is -1.38. The van der Waals surface area contributed by atoms with Crippen LogP contribution in [0.3, 0.4) is 0 Å². The molecule has 0 spiro atoms. The van der Waals surface area contributed by atoms with Crippen molar-refractivity contribution in [2.45, 2.75) is 90.3 Å². The fourth-order valence-electron chi connectivity index (χ4n) is 3.57. The topological polar surface area (TPSA) is 85.3 Å². The van der Waals surface area contributed by atoms with Crippen LogP contribution < -0.4 is 0 Å². The minimum absolute atomic E-state index is 0.0113. The molecule has 1 N–H and O–H groups in total. The van der Waals surface area contributed by atoms with Gasteiger partial charge in [-0.3, -0.25) is 4.90 Å². The zero-order valence-electron chi connectivity index (χ0n) is 20.2. The lowest BCUT2D eigenvalue weighted by Gasteiger charge is -2.40. The van der Waals surface area contributed by atoms with E-state index in [0.717, 1.165) is 0 Å². The monoisotopic (exact) mass is 443 g/mol. The molecule has 0 aromatic carbocycles. The fourth-order valence-corrected chi connectivity index (χ4v) is 4.62. The van der Waals surface area contributed by atoms with Crippen LogP contribution in [0.2, 0.25) is 18.1 Å². The molecule has 174 valence electrons. The lowest BCUT2D eigenvalue weighted by atomic mass is 9.73. The molecule has 0 aromatic heterocycles. The summed E-state index contributed by atoms with van der Waals surface area (Å²) in [6.45, 7) is 20.2. The molecule has 1 aliphatic rings. The van der Waals surface area contributed by atoms with E-state index in [9.17, 15) is 14.7 Å². The molecule has 0 bridgehead atoms. The molecule has 1 fully saturated rings. The Morgan fingerprint density at radius 3 is 2.23 bits per heavy atom. The number of amides is 1. The maximum Gasteiger partial charge on any atom is 0.411 e. The number of hydrogen-bond donors (Lipinski definition) is 1. The molecule has 0 unspecified atom stereocenters. The van der Waals surface area contributed by atoms with Gasteiger partial charge < -0.3 is 19.0 Å². The van der Waals surface area contributed by atoms with Gasteiger partial charge in [0.2, 0.25) is 0 Å². The smallest absolute Gasteiger partial charge is 0.411 e. The Balaban J connectivity index is 3.23. The molecule has 1 saturated heterocycles. The third-order valence-corrected chi connectivity index (χ3v) is 10.8. The Kier molecular flexibility index (Phi) is 8.35. The molecule has 0 radical (unpaired) electrons. The third-order valence-electron chi connectivity index (χ3n) is 6.30. The molecule has 8 heteroatoms. The van der Waals surface area contributed by atoms with E-state index >= 15 is 0 Å². The number of aliphatic hydroxyl groups excluding tert-OH is 1. The number of carbonyl (C=O) groups is 2. The molecular formula is C22H41NO6Si. The first-order chi connectivity index (χ1) is 13.5. The minimum atomic E-state index is -2.01. The highest BCUT2D eigenvalue weighted by molar-refractivity contribution is 6.74. The van der Waals surface area contributed by atoms with Gasteiger partial charge in [0.25, 0.3) is 0 Å². The number of aliphatic hydroxyl groups is 1. The van der Waals surface area contributed by atoms with Gasteiger partial charge >= 0.3 is 12.1 Å². The second kappa shape index (κ2) is 9.40. The quantitative estimate of drug-likeness (QED) is 0.362. The summed E-state index contributed by atoms with van der Waals surface area (Å²) < 4.78 is 16.8. The fraction of sp³-hybridized carbons (Fsp3) is 0.818. The summed E-state index contributed by atoms with van der Waals surface area (Å²) in [5.74, 6) is -0.577. The summed E-state index contributed by atoms with van der Waals surface area (Å²) in [5, 5.41) is 11.1. The summed E-state index contributed by atoms with van der Waals surface area (Å²) in [6.07, 6.45) is 0.826. The molecule has 1 heterocycles. The Morgan fingerprint density at radius 1 is 1.23 bits per heavy atom. The van der Waals surface area contributed by atoms with Gasteiger partial charge in [-0.25, -0.2) is 9.59 Å². The van der Waals surface area contributed by atoms with Gasteiger partial charge in [0.05, 0.1) is 19.8 Å². The van der Waals surface area contributed by atoms with Gasteiger partial charge in [-0.05, 0) is 51.7 Å². The second-order valence-corrected chi connectivity index (χ2v) is 15.5. The van der Waals surface area contributed by atoms with Crippen molar-refractivity contribution in [2.75, 3.05) is 20.3 Å². The van der Waals surface area contributed by atoms with E-state index in [0.29, 0.717) is 19.4 Å². The van der Waals surface area contributed by atoms with Crippen LogP contribution in [0, 0.1) is 5.41 Å². The van der Waals surface area contributed by atoms with E-state index in [-0.39, 0.29) is 11.6 Å². The predicted octanol–water partition coefficient (Wildman–Crippen LogP) is 4.11. The average molecular weight is 444 g/mol. The number of methoxy groups -OCH3 is 1. The van der Waals surface area contributed by atoms with Crippen molar-refractivity contribution in [3.05, 3.63) is 12.7 Å². The van der Waals surface area contributed by atoms with Gasteiger partial charge in [0.1, 0.15) is 11.6 Å². The molecule has 1 amide bonds. The number of likely N-dealkylation sites (tertiary alicyclic amines) is 1. The molecular weight excluding hydrogens is 402 g/mol. The first-order valence-electron chi connectivity index (χ1n) is 10.5. The van der Waals surface area contributed by atoms with Crippen LogP contribution in [0.25, 0.3) is 0 Å². The van der Waals surface area contributed by atoms with Gasteiger partial charge in [-0.2, -0.15) is 0 Å². The van der Waals surface area contributed by atoms with Crippen LogP contribution in [0.4, 0.5) is 4.79 Å². The Labute approximate surface area is 182 Å². The van der Waals surface area contributed by atoms with E-state index in [4.69, 9.17) is 13.9 Å². The maximum absolute atomic E-state index is 12.8. The zero-order chi connectivity index (χ0) is 23.5. The number of β-amino-alcohol motifs (C(OH)–C–C–N with tert-alkyl or cyclic N) is 1. The van der Waals surface area contributed by atoms with Crippen molar-refractivity contribution in [2.24, 2.45) is 5.41 Å². The highest BCUT2D eigenvalue weighted by Crippen LogP contribution is 2.46. The van der Waals surface area contributed by atoms with Gasteiger partial charge in [0.15, 0.2) is 8.32 Å². The van der Waals surface area contributed by atoms with E-state index in [1.54, 1.807) is 26.8 Å². The lowest BCUT2D eigenvalue weighted by molar-refractivity contribution is -0.151. The molecule has 3 atom stereocenters. The predicted molar refractivity (Wildman–Crippen MR) is 120 cm³/mol. The highest BCUT2D eigenvalue weighted by atomic mass is 28.4. The van der Waals surface area contributed by atoms with Gasteiger partial charge in [-0.15, -0.1) is 6.58 Å². The molecule has 0 saturated carbocycles. The zero-order valence-corrected chi connectivity index (χ0v) is 21.2. The van der Waals surface area contributed by atoms with Crippen molar-refractivity contribution in [1.82, 2.24) is 4.90 Å². The summed E-state index contributed by atoms with van der Waals surface area (Å²) in [5.41, 5.74) is -1.67. The van der Waals surface area contributed by atoms with Crippen molar-refractivity contribution < 1.29 is 28.6 Å². The lowest BCUT2D eigenvalue weighted by Crippen LogP contribution is -2.52. The maximum atomic E-state index is 12.8. The summed E-state index contributed by atoms with van der Waals surface area (Å²) in [4.78, 5) is 26.9. The van der Waals surface area contributed by atoms with E-state index in [2.05, 4.69) is 40.4 Å². The largest absolute Gasteiger partial charge is 0.467 e. The normalized spacial score (nSPS) is 25.2. The molecule has 0 aromatic rings. The minimum Gasteiger partial charge on any atom is -0.467 e. The molecule has 0 aliphatic carbocycles. The van der Waals surface area contributed by atoms with E-state index in [1.807, 2.05) is 0 Å². The van der Waals surface area contributed by atoms with E-state index in [1.165, 1.54) is 12.0 Å². The van der Waals surface area contributed by atoms with Crippen molar-refractivity contribution >= 4 is 20.4 Å². The van der Waals surface area contributed by atoms with Crippen LogP contribution in [0.1, 0.15) is 54.4 Å². The number of carbonyl (C=O) groups excluding carboxylic acids is 2. The number of ether oxygens (including phenoxy) is 2. The number of hydrogen-bond acceptors (Lipinski definition) is 6. The Bertz CT molecular complexity index is 637.